The number of hydrogen-bond acceptors (Lipinski definition) is 2. The summed E-state index contributed by atoms with van der Waals surface area (Å²) in [5.74, 6) is 0. The minimum atomic E-state index is -0.473. The van der Waals surface area contributed by atoms with Crippen molar-refractivity contribution in [2.75, 3.05) is 13.1 Å². The van der Waals surface area contributed by atoms with Crippen LogP contribution in [0.15, 0.2) is 54.6 Å². The molecule has 0 spiro atoms. The minimum absolute atomic E-state index is 0.0322. The second kappa shape index (κ2) is 8.34. The van der Waals surface area contributed by atoms with Gasteiger partial charge in [0.2, 0.25) is 0 Å². The summed E-state index contributed by atoms with van der Waals surface area (Å²) in [5.41, 5.74) is 8.89. The zero-order valence-electron chi connectivity index (χ0n) is 13.8. The highest BCUT2D eigenvalue weighted by Crippen LogP contribution is 2.20. The van der Waals surface area contributed by atoms with Gasteiger partial charge in [0.25, 0.3) is 0 Å². The number of nitrogens with two attached hydrogens (primary N) is 1. The fourth-order valence-electron chi connectivity index (χ4n) is 2.72. The van der Waals surface area contributed by atoms with Crippen molar-refractivity contribution in [1.82, 2.24) is 10.2 Å². The van der Waals surface area contributed by atoms with E-state index in [9.17, 15) is 4.79 Å². The highest BCUT2D eigenvalue weighted by Gasteiger charge is 2.11. The van der Waals surface area contributed by atoms with Crippen molar-refractivity contribution in [3.63, 3.8) is 0 Å². The van der Waals surface area contributed by atoms with E-state index in [0.29, 0.717) is 0 Å². The normalized spacial score (nSPS) is 12.1. The molecule has 0 aromatic heterocycles. The van der Waals surface area contributed by atoms with E-state index in [4.69, 9.17) is 5.73 Å². The Balaban J connectivity index is 2.05. The van der Waals surface area contributed by atoms with Gasteiger partial charge in [0.15, 0.2) is 0 Å². The molecule has 0 aliphatic carbocycles. The molecule has 4 nitrogen and oxygen atoms in total. The fraction of sp³-hybridized carbons (Fsp3) is 0.316. The van der Waals surface area contributed by atoms with E-state index >= 15 is 0 Å². The van der Waals surface area contributed by atoms with Crippen LogP contribution in [0.25, 0.3) is 11.1 Å². The topological polar surface area (TPSA) is 58.4 Å². The SMILES string of the molecule is CCN(Cc1cccc(-c2ccccc2)c1)C[C@@H](C)NC(N)=O. The van der Waals surface area contributed by atoms with Crippen molar-refractivity contribution in [3.8, 4) is 11.1 Å². The molecule has 1 atom stereocenters. The number of nitrogens with one attached hydrogen (secondary N) is 1. The Morgan fingerprint density at radius 2 is 1.83 bits per heavy atom. The van der Waals surface area contributed by atoms with Crippen LogP contribution in [-0.2, 0) is 6.54 Å². The van der Waals surface area contributed by atoms with Gasteiger partial charge in [0, 0.05) is 19.1 Å². The number of primary amides is 1. The Hall–Kier alpha value is -2.33. The largest absolute Gasteiger partial charge is 0.352 e. The molecule has 4 heteroatoms. The van der Waals surface area contributed by atoms with Crippen LogP contribution >= 0.6 is 0 Å². The molecule has 2 rings (SSSR count). The van der Waals surface area contributed by atoms with Crippen LogP contribution < -0.4 is 11.1 Å². The van der Waals surface area contributed by atoms with E-state index in [1.807, 2.05) is 13.0 Å². The number of rotatable bonds is 7. The van der Waals surface area contributed by atoms with E-state index < -0.39 is 6.03 Å². The third-order valence-corrected chi connectivity index (χ3v) is 3.81. The molecule has 0 aliphatic rings. The minimum Gasteiger partial charge on any atom is -0.352 e. The van der Waals surface area contributed by atoms with Gasteiger partial charge in [0.05, 0.1) is 0 Å². The maximum Gasteiger partial charge on any atom is 0.312 e. The summed E-state index contributed by atoms with van der Waals surface area (Å²) in [5, 5.41) is 2.73. The van der Waals surface area contributed by atoms with Gasteiger partial charge >= 0.3 is 6.03 Å². The van der Waals surface area contributed by atoms with E-state index in [0.717, 1.165) is 19.6 Å². The van der Waals surface area contributed by atoms with Crippen LogP contribution in [0.2, 0.25) is 0 Å². The van der Waals surface area contributed by atoms with Gasteiger partial charge in [-0.1, -0.05) is 55.5 Å². The quantitative estimate of drug-likeness (QED) is 0.825. The number of nitrogens with zero attached hydrogens (tertiary/aromatic N) is 1. The molecule has 122 valence electrons. The van der Waals surface area contributed by atoms with Gasteiger partial charge in [-0.15, -0.1) is 0 Å². The van der Waals surface area contributed by atoms with E-state index in [1.54, 1.807) is 0 Å². The Labute approximate surface area is 138 Å². The molecule has 0 radical (unpaired) electrons. The molecule has 2 aromatic carbocycles. The average Bonchev–Trinajstić information content (AvgIpc) is 2.54. The predicted molar refractivity (Wildman–Crippen MR) is 95.0 cm³/mol. The molecular formula is C19H25N3O. The molecule has 0 unspecified atom stereocenters. The van der Waals surface area contributed by atoms with Crippen LogP contribution in [0.3, 0.4) is 0 Å². The molecule has 2 aromatic rings. The summed E-state index contributed by atoms with van der Waals surface area (Å²) >= 11 is 0. The number of likely N-dealkylation sites (N-methyl/N-ethyl adjacent to an activating group) is 1. The number of carbonyl (C=O) groups is 1. The van der Waals surface area contributed by atoms with Crippen molar-refractivity contribution in [1.29, 1.82) is 0 Å². The van der Waals surface area contributed by atoms with Crippen molar-refractivity contribution in [2.45, 2.75) is 26.4 Å². The monoisotopic (exact) mass is 311 g/mol. The highest BCUT2D eigenvalue weighted by atomic mass is 16.2. The smallest absolute Gasteiger partial charge is 0.312 e. The lowest BCUT2D eigenvalue weighted by atomic mass is 10.0. The number of hydrogen-bond donors (Lipinski definition) is 2. The zero-order valence-corrected chi connectivity index (χ0v) is 13.8. The molecule has 23 heavy (non-hydrogen) atoms. The van der Waals surface area contributed by atoms with Gasteiger partial charge in [-0.3, -0.25) is 4.90 Å². The molecule has 3 N–H and O–H groups in total. The van der Waals surface area contributed by atoms with Crippen molar-refractivity contribution in [2.24, 2.45) is 5.73 Å². The Bertz CT molecular complexity index is 628. The molecule has 0 saturated carbocycles. The fourth-order valence-corrected chi connectivity index (χ4v) is 2.72. The van der Waals surface area contributed by atoms with Crippen LogP contribution in [0.4, 0.5) is 4.79 Å². The first-order valence-electron chi connectivity index (χ1n) is 8.01. The predicted octanol–water partition coefficient (Wildman–Crippen LogP) is 3.23. The molecule has 0 saturated heterocycles. The Kier molecular flexibility index (Phi) is 6.18. The van der Waals surface area contributed by atoms with Crippen LogP contribution in [0.1, 0.15) is 19.4 Å². The lowest BCUT2D eigenvalue weighted by molar-refractivity contribution is 0.229. The summed E-state index contributed by atoms with van der Waals surface area (Å²) in [6.45, 7) is 6.63. The summed E-state index contributed by atoms with van der Waals surface area (Å²) in [7, 11) is 0. The number of benzene rings is 2. The lowest BCUT2D eigenvalue weighted by Gasteiger charge is -2.24. The first-order chi connectivity index (χ1) is 11.1. The van der Waals surface area contributed by atoms with Crippen molar-refractivity contribution < 1.29 is 4.79 Å². The Morgan fingerprint density at radius 3 is 2.48 bits per heavy atom. The number of carbonyl (C=O) groups excluding carboxylic acids is 1. The van der Waals surface area contributed by atoms with Gasteiger partial charge in [-0.25, -0.2) is 4.79 Å². The maximum atomic E-state index is 10.9. The molecular weight excluding hydrogens is 286 g/mol. The summed E-state index contributed by atoms with van der Waals surface area (Å²) < 4.78 is 0. The number of urea groups is 1. The van der Waals surface area contributed by atoms with E-state index in [1.165, 1.54) is 16.7 Å². The van der Waals surface area contributed by atoms with Gasteiger partial charge < -0.3 is 11.1 Å². The lowest BCUT2D eigenvalue weighted by Crippen LogP contribution is -2.43. The van der Waals surface area contributed by atoms with E-state index in [-0.39, 0.29) is 6.04 Å². The van der Waals surface area contributed by atoms with Gasteiger partial charge in [-0.2, -0.15) is 0 Å². The summed E-state index contributed by atoms with van der Waals surface area (Å²) in [6.07, 6.45) is 0. The number of amides is 2. The average molecular weight is 311 g/mol. The summed E-state index contributed by atoms with van der Waals surface area (Å²) in [4.78, 5) is 13.2. The second-order valence-corrected chi connectivity index (χ2v) is 5.80. The second-order valence-electron chi connectivity index (χ2n) is 5.80. The highest BCUT2D eigenvalue weighted by molar-refractivity contribution is 5.71. The van der Waals surface area contributed by atoms with Crippen molar-refractivity contribution in [3.05, 3.63) is 60.2 Å². The third-order valence-electron chi connectivity index (χ3n) is 3.81. The molecule has 0 fully saturated rings. The molecule has 0 aliphatic heterocycles. The zero-order chi connectivity index (χ0) is 16.7. The third kappa shape index (κ3) is 5.42. The van der Waals surface area contributed by atoms with Gasteiger partial charge in [0.1, 0.15) is 0 Å². The molecule has 0 heterocycles. The van der Waals surface area contributed by atoms with Crippen molar-refractivity contribution >= 4 is 6.03 Å². The first-order valence-corrected chi connectivity index (χ1v) is 8.01. The van der Waals surface area contributed by atoms with Crippen LogP contribution in [-0.4, -0.2) is 30.1 Å². The Morgan fingerprint density at radius 1 is 1.13 bits per heavy atom. The van der Waals surface area contributed by atoms with E-state index in [2.05, 4.69) is 65.7 Å². The molecule has 0 bridgehead atoms. The molecule has 2 amide bonds. The van der Waals surface area contributed by atoms with Crippen LogP contribution in [0.5, 0.6) is 0 Å². The van der Waals surface area contributed by atoms with Crippen LogP contribution in [0, 0.1) is 0 Å². The van der Waals surface area contributed by atoms with Gasteiger partial charge in [-0.05, 0) is 36.2 Å². The summed E-state index contributed by atoms with van der Waals surface area (Å²) in [6, 6.07) is 18.5. The first kappa shape index (κ1) is 17.0. The maximum absolute atomic E-state index is 10.9. The standard InChI is InChI=1S/C19H25N3O/c1-3-22(13-15(2)21-19(20)23)14-16-8-7-11-18(12-16)17-9-5-4-6-10-17/h4-12,15H,3,13-14H2,1-2H3,(H3,20,21,23)/t15-/m1/s1.